The van der Waals surface area contributed by atoms with Gasteiger partial charge in [0.15, 0.2) is 10.8 Å². The molecule has 0 aliphatic heterocycles. The van der Waals surface area contributed by atoms with Crippen molar-refractivity contribution in [2.45, 2.75) is 37.2 Å². The van der Waals surface area contributed by atoms with Gasteiger partial charge >= 0.3 is 27.1 Å². The highest BCUT2D eigenvalue weighted by molar-refractivity contribution is 7.55. The van der Waals surface area contributed by atoms with Gasteiger partial charge in [-0.3, -0.25) is 18.7 Å². The zero-order valence-electron chi connectivity index (χ0n) is 14.3. The Kier molecular flexibility index (Phi) is 6.99. The molecule has 11 nitrogen and oxygen atoms in total. The third-order valence-corrected chi connectivity index (χ3v) is 6.58. The number of carboxylic acid groups (broad SMARTS) is 2. The molecule has 0 amide bonds. The van der Waals surface area contributed by atoms with Crippen LogP contribution in [0.1, 0.15) is 25.8 Å². The average Bonchev–Trinajstić information content (AvgIpc) is 2.45. The summed E-state index contributed by atoms with van der Waals surface area (Å²) in [4.78, 5) is 60.9. The van der Waals surface area contributed by atoms with E-state index in [1.165, 1.54) is 12.1 Å². The van der Waals surface area contributed by atoms with E-state index in [4.69, 9.17) is 9.84 Å². The zero-order chi connectivity index (χ0) is 21.2. The van der Waals surface area contributed by atoms with E-state index in [1.54, 1.807) is 13.8 Å². The lowest BCUT2D eigenvalue weighted by Crippen LogP contribution is -2.41. The summed E-state index contributed by atoms with van der Waals surface area (Å²) in [5.41, 5.74) is -3.15. The van der Waals surface area contributed by atoms with Crippen LogP contribution in [0.3, 0.4) is 0 Å². The van der Waals surface area contributed by atoms with E-state index in [-0.39, 0.29) is 11.9 Å². The first-order chi connectivity index (χ1) is 12.1. The number of carbonyl (C=O) groups is 2. The van der Waals surface area contributed by atoms with Crippen LogP contribution in [0.5, 0.6) is 5.75 Å². The molecule has 1 aromatic carbocycles. The van der Waals surface area contributed by atoms with Gasteiger partial charge in [-0.2, -0.15) is 0 Å². The highest BCUT2D eigenvalue weighted by Crippen LogP contribution is 2.62. The van der Waals surface area contributed by atoms with E-state index in [0.717, 1.165) is 12.1 Å². The van der Waals surface area contributed by atoms with Crippen molar-refractivity contribution < 1.29 is 53.2 Å². The maximum atomic E-state index is 12.1. The molecule has 0 aliphatic carbocycles. The quantitative estimate of drug-likeness (QED) is 0.307. The molecule has 27 heavy (non-hydrogen) atoms. The van der Waals surface area contributed by atoms with Gasteiger partial charge < -0.3 is 34.5 Å². The second-order valence-electron chi connectivity index (χ2n) is 6.05. The molecule has 1 rings (SSSR count). The topological polar surface area (TPSA) is 199 Å². The molecule has 0 aliphatic rings. The molecule has 0 saturated carbocycles. The molecule has 0 saturated heterocycles. The molecule has 2 atom stereocenters. The van der Waals surface area contributed by atoms with Crippen molar-refractivity contribution in [2.24, 2.45) is 0 Å². The van der Waals surface area contributed by atoms with Gasteiger partial charge in [-0.05, 0) is 31.5 Å². The fourth-order valence-electron chi connectivity index (χ4n) is 2.45. The third kappa shape index (κ3) is 5.16. The smallest absolute Gasteiger partial charge is 0.347 e. The van der Waals surface area contributed by atoms with Crippen LogP contribution in [-0.4, -0.2) is 53.5 Å². The largest absolute Gasteiger partial charge is 0.491 e. The first-order valence-electron chi connectivity index (χ1n) is 7.47. The molecule has 2 unspecified atom stereocenters. The van der Waals surface area contributed by atoms with Crippen molar-refractivity contribution in [1.29, 1.82) is 0 Å². The maximum Gasteiger partial charge on any atom is 0.347 e. The van der Waals surface area contributed by atoms with Crippen LogP contribution >= 0.6 is 15.2 Å². The summed E-state index contributed by atoms with van der Waals surface area (Å²) in [6, 6.07) is 4.44. The monoisotopic (exact) mass is 426 g/mol. The van der Waals surface area contributed by atoms with Crippen LogP contribution in [0.4, 0.5) is 0 Å². The standard InChI is InChI=1S/C14H20O11P2/c1-8(2)25-10-5-3-9(4-6-10)14(13(17)18,27(22,23)24)7-11(12(15)16)26(19,20)21/h3-6,8,11H,7H2,1-2H3,(H,15,16)(H,17,18)(H2,19,20,21)(H2,22,23,24). The van der Waals surface area contributed by atoms with Crippen molar-refractivity contribution in [3.8, 4) is 5.75 Å². The Bertz CT molecular complexity index is 792. The van der Waals surface area contributed by atoms with Crippen LogP contribution in [0.2, 0.25) is 0 Å². The van der Waals surface area contributed by atoms with Crippen LogP contribution in [0.25, 0.3) is 0 Å². The normalized spacial score (nSPS) is 15.8. The second kappa shape index (κ2) is 8.10. The Balaban J connectivity index is 3.61. The maximum absolute atomic E-state index is 12.1. The van der Waals surface area contributed by atoms with Crippen molar-refractivity contribution >= 4 is 27.1 Å². The van der Waals surface area contributed by atoms with Gasteiger partial charge in [0.2, 0.25) is 0 Å². The minimum absolute atomic E-state index is 0.243. The summed E-state index contributed by atoms with van der Waals surface area (Å²) >= 11 is 0. The minimum Gasteiger partial charge on any atom is -0.491 e. The van der Waals surface area contributed by atoms with Gasteiger partial charge in [0.25, 0.3) is 0 Å². The van der Waals surface area contributed by atoms with Gasteiger partial charge in [-0.1, -0.05) is 12.1 Å². The van der Waals surface area contributed by atoms with Crippen LogP contribution < -0.4 is 4.74 Å². The summed E-state index contributed by atoms with van der Waals surface area (Å²) in [6.07, 6.45) is -1.76. The van der Waals surface area contributed by atoms with E-state index >= 15 is 0 Å². The lowest BCUT2D eigenvalue weighted by atomic mass is 9.92. The number of carboxylic acids is 2. The SMILES string of the molecule is CC(C)Oc1ccc(C(CC(C(=O)O)P(=O)(O)O)(C(=O)O)P(=O)(O)O)cc1. The minimum atomic E-state index is -5.64. The first-order valence-corrected chi connectivity index (χ1v) is 10.8. The molecule has 1 aromatic rings. The van der Waals surface area contributed by atoms with Gasteiger partial charge in [-0.25, -0.2) is 0 Å². The summed E-state index contributed by atoms with van der Waals surface area (Å²) in [5.74, 6) is -3.95. The summed E-state index contributed by atoms with van der Waals surface area (Å²) in [5, 5.41) is 15.4. The number of rotatable bonds is 9. The molecular weight excluding hydrogens is 406 g/mol. The summed E-state index contributed by atoms with van der Waals surface area (Å²) in [6.45, 7) is 3.42. The van der Waals surface area contributed by atoms with Crippen molar-refractivity contribution in [3.05, 3.63) is 29.8 Å². The fourth-order valence-corrected chi connectivity index (χ4v) is 4.55. The molecule has 0 radical (unpaired) electrons. The van der Waals surface area contributed by atoms with Gasteiger partial charge in [0.1, 0.15) is 5.75 Å². The Labute approximate surface area is 153 Å². The van der Waals surface area contributed by atoms with E-state index in [9.17, 15) is 43.4 Å². The van der Waals surface area contributed by atoms with Crippen molar-refractivity contribution in [3.63, 3.8) is 0 Å². The van der Waals surface area contributed by atoms with E-state index in [1.807, 2.05) is 0 Å². The zero-order valence-corrected chi connectivity index (χ0v) is 16.1. The number of ether oxygens (including phenoxy) is 1. The van der Waals surface area contributed by atoms with E-state index in [2.05, 4.69) is 0 Å². The molecule has 0 spiro atoms. The average molecular weight is 426 g/mol. The lowest BCUT2D eigenvalue weighted by molar-refractivity contribution is -0.142. The molecule has 13 heteroatoms. The molecule has 0 fully saturated rings. The highest BCUT2D eigenvalue weighted by Gasteiger charge is 2.59. The Morgan fingerprint density at radius 1 is 1.04 bits per heavy atom. The van der Waals surface area contributed by atoms with Crippen LogP contribution in [-0.2, 0) is 23.9 Å². The number of hydrogen-bond acceptors (Lipinski definition) is 5. The Morgan fingerprint density at radius 3 is 1.81 bits per heavy atom. The first kappa shape index (κ1) is 23.3. The molecule has 0 bridgehead atoms. The number of hydrogen-bond donors (Lipinski definition) is 6. The number of benzene rings is 1. The molecular formula is C14H20O11P2. The molecule has 0 aromatic heterocycles. The van der Waals surface area contributed by atoms with Crippen molar-refractivity contribution in [2.75, 3.05) is 0 Å². The second-order valence-corrected chi connectivity index (χ2v) is 9.70. The predicted molar refractivity (Wildman–Crippen MR) is 91.6 cm³/mol. The van der Waals surface area contributed by atoms with Crippen molar-refractivity contribution in [1.82, 2.24) is 0 Å². The predicted octanol–water partition coefficient (Wildman–Crippen LogP) is 0.952. The molecule has 6 N–H and O–H groups in total. The molecule has 152 valence electrons. The Hall–Kier alpha value is -1.74. The van der Waals surface area contributed by atoms with Gasteiger partial charge in [0.05, 0.1) is 6.10 Å². The van der Waals surface area contributed by atoms with Crippen LogP contribution in [0, 0.1) is 0 Å². The van der Waals surface area contributed by atoms with E-state index < -0.39 is 49.9 Å². The summed E-state index contributed by atoms with van der Waals surface area (Å²) < 4.78 is 28.9. The lowest BCUT2D eigenvalue weighted by Gasteiger charge is -2.32. The Morgan fingerprint density at radius 2 is 1.52 bits per heavy atom. The third-order valence-electron chi connectivity index (χ3n) is 3.73. The van der Waals surface area contributed by atoms with E-state index in [0.29, 0.717) is 0 Å². The van der Waals surface area contributed by atoms with Gasteiger partial charge in [0, 0.05) is 6.42 Å². The fraction of sp³-hybridized carbons (Fsp3) is 0.429. The van der Waals surface area contributed by atoms with Gasteiger partial charge in [-0.15, -0.1) is 0 Å². The highest BCUT2D eigenvalue weighted by atomic mass is 31.2. The summed E-state index contributed by atoms with van der Waals surface area (Å²) in [7, 11) is -11.1. The molecule has 0 heterocycles. The number of aliphatic carboxylic acids is 2. The van der Waals surface area contributed by atoms with Crippen LogP contribution in [0.15, 0.2) is 24.3 Å².